The van der Waals surface area contributed by atoms with Gasteiger partial charge in [0.25, 0.3) is 0 Å². The number of thiophene rings is 1. The molecule has 1 unspecified atom stereocenters. The highest BCUT2D eigenvalue weighted by atomic mass is 32.1. The first kappa shape index (κ1) is 11.3. The van der Waals surface area contributed by atoms with Crippen LogP contribution in [0.25, 0.3) is 0 Å². The van der Waals surface area contributed by atoms with Gasteiger partial charge in [0.1, 0.15) is 5.82 Å². The van der Waals surface area contributed by atoms with E-state index in [0.717, 1.165) is 10.4 Å². The van der Waals surface area contributed by atoms with E-state index in [1.54, 1.807) is 23.5 Å². The Labute approximate surface area is 98.7 Å². The molecule has 0 fully saturated rings. The van der Waals surface area contributed by atoms with Crippen LogP contribution >= 0.6 is 11.3 Å². The second-order valence-electron chi connectivity index (χ2n) is 4.14. The van der Waals surface area contributed by atoms with Crippen LogP contribution in [0.2, 0.25) is 0 Å². The molecule has 2 rings (SSSR count). The van der Waals surface area contributed by atoms with Crippen molar-refractivity contribution in [1.29, 1.82) is 0 Å². The third-order valence-corrected chi connectivity index (χ3v) is 4.03. The van der Waals surface area contributed by atoms with Crippen molar-refractivity contribution in [2.24, 2.45) is 5.73 Å². The third kappa shape index (κ3) is 1.88. The summed E-state index contributed by atoms with van der Waals surface area (Å²) >= 11 is 1.64. The number of nitrogens with two attached hydrogens (primary N) is 1. The topological polar surface area (TPSA) is 26.0 Å². The molecule has 1 aromatic heterocycles. The number of aryl methyl sites for hydroxylation is 1. The lowest BCUT2D eigenvalue weighted by molar-refractivity contribution is 0.600. The second-order valence-corrected chi connectivity index (χ2v) is 5.06. The molecular formula is C13H14FNS. The van der Waals surface area contributed by atoms with Gasteiger partial charge in [0.05, 0.1) is 5.54 Å². The van der Waals surface area contributed by atoms with Gasteiger partial charge in [-0.05, 0) is 48.6 Å². The number of halogens is 1. The maximum atomic E-state index is 12.9. The number of benzene rings is 1. The predicted molar refractivity (Wildman–Crippen MR) is 66.1 cm³/mol. The summed E-state index contributed by atoms with van der Waals surface area (Å²) < 4.78 is 12.9. The van der Waals surface area contributed by atoms with E-state index in [4.69, 9.17) is 5.73 Å². The molecule has 0 amide bonds. The molecule has 0 aliphatic heterocycles. The molecule has 0 radical (unpaired) electrons. The molecule has 0 saturated carbocycles. The highest BCUT2D eigenvalue weighted by Crippen LogP contribution is 2.32. The van der Waals surface area contributed by atoms with Crippen molar-refractivity contribution in [3.05, 3.63) is 57.5 Å². The summed E-state index contributed by atoms with van der Waals surface area (Å²) in [7, 11) is 0. The van der Waals surface area contributed by atoms with Gasteiger partial charge in [-0.3, -0.25) is 0 Å². The van der Waals surface area contributed by atoms with Gasteiger partial charge in [-0.15, -0.1) is 11.3 Å². The van der Waals surface area contributed by atoms with Crippen molar-refractivity contribution in [2.45, 2.75) is 19.4 Å². The summed E-state index contributed by atoms with van der Waals surface area (Å²) in [6, 6.07) is 8.43. The minimum atomic E-state index is -0.550. The van der Waals surface area contributed by atoms with Crippen LogP contribution in [-0.2, 0) is 5.54 Å². The molecule has 2 aromatic rings. The molecule has 0 spiro atoms. The number of hydrogen-bond donors (Lipinski definition) is 1. The lowest BCUT2D eigenvalue weighted by Gasteiger charge is -2.25. The van der Waals surface area contributed by atoms with E-state index in [1.807, 2.05) is 19.2 Å². The minimum Gasteiger partial charge on any atom is -0.317 e. The van der Waals surface area contributed by atoms with Crippen LogP contribution < -0.4 is 5.73 Å². The lowest BCUT2D eigenvalue weighted by atomic mass is 9.90. The Morgan fingerprint density at radius 2 is 1.81 bits per heavy atom. The molecule has 1 heterocycles. The van der Waals surface area contributed by atoms with Crippen molar-refractivity contribution in [1.82, 2.24) is 0 Å². The molecule has 1 atom stereocenters. The van der Waals surface area contributed by atoms with Gasteiger partial charge >= 0.3 is 0 Å². The first-order valence-electron chi connectivity index (χ1n) is 5.11. The van der Waals surface area contributed by atoms with E-state index < -0.39 is 5.54 Å². The van der Waals surface area contributed by atoms with Gasteiger partial charge in [0.2, 0.25) is 0 Å². The molecule has 0 aliphatic carbocycles. The Morgan fingerprint density at radius 1 is 1.19 bits per heavy atom. The van der Waals surface area contributed by atoms with Gasteiger partial charge < -0.3 is 5.73 Å². The highest BCUT2D eigenvalue weighted by molar-refractivity contribution is 7.10. The zero-order valence-electron chi connectivity index (χ0n) is 9.33. The minimum absolute atomic E-state index is 0.234. The first-order valence-corrected chi connectivity index (χ1v) is 5.99. The van der Waals surface area contributed by atoms with Crippen LogP contribution in [0, 0.1) is 12.7 Å². The highest BCUT2D eigenvalue weighted by Gasteiger charge is 2.26. The van der Waals surface area contributed by atoms with Gasteiger partial charge in [-0.25, -0.2) is 4.39 Å². The van der Waals surface area contributed by atoms with Crippen molar-refractivity contribution in [3.8, 4) is 0 Å². The van der Waals surface area contributed by atoms with E-state index in [9.17, 15) is 4.39 Å². The van der Waals surface area contributed by atoms with Gasteiger partial charge in [0.15, 0.2) is 0 Å². The fraction of sp³-hybridized carbons (Fsp3) is 0.231. The molecule has 3 heteroatoms. The van der Waals surface area contributed by atoms with E-state index in [0.29, 0.717) is 0 Å². The number of hydrogen-bond acceptors (Lipinski definition) is 2. The van der Waals surface area contributed by atoms with Crippen LogP contribution in [0.15, 0.2) is 35.7 Å². The Kier molecular flexibility index (Phi) is 2.82. The molecule has 1 nitrogen and oxygen atoms in total. The molecule has 1 aromatic carbocycles. The number of rotatable bonds is 2. The zero-order chi connectivity index (χ0) is 11.8. The van der Waals surface area contributed by atoms with Crippen LogP contribution in [0.4, 0.5) is 4.39 Å². The summed E-state index contributed by atoms with van der Waals surface area (Å²) in [6.07, 6.45) is 0. The smallest absolute Gasteiger partial charge is 0.123 e. The largest absolute Gasteiger partial charge is 0.317 e. The van der Waals surface area contributed by atoms with Gasteiger partial charge in [-0.1, -0.05) is 12.1 Å². The monoisotopic (exact) mass is 235 g/mol. The molecule has 0 bridgehead atoms. The van der Waals surface area contributed by atoms with Crippen molar-refractivity contribution < 1.29 is 4.39 Å². The molecule has 16 heavy (non-hydrogen) atoms. The predicted octanol–water partition coefficient (Wildman–Crippen LogP) is 3.42. The van der Waals surface area contributed by atoms with Crippen LogP contribution in [-0.4, -0.2) is 0 Å². The molecular weight excluding hydrogens is 221 g/mol. The Morgan fingerprint density at radius 3 is 2.31 bits per heavy atom. The standard InChI is InChI=1S/C13H14FNS/c1-9-7-8-16-12(9)13(2,15)10-3-5-11(14)6-4-10/h3-8H,15H2,1-2H3. The SMILES string of the molecule is Cc1ccsc1C(C)(N)c1ccc(F)cc1. The summed E-state index contributed by atoms with van der Waals surface area (Å²) in [5, 5.41) is 2.03. The summed E-state index contributed by atoms with van der Waals surface area (Å²) in [6.45, 7) is 4.00. The maximum absolute atomic E-state index is 12.9. The fourth-order valence-electron chi connectivity index (χ4n) is 1.83. The Balaban J connectivity index is 2.46. The van der Waals surface area contributed by atoms with Crippen molar-refractivity contribution in [3.63, 3.8) is 0 Å². The molecule has 84 valence electrons. The maximum Gasteiger partial charge on any atom is 0.123 e. The van der Waals surface area contributed by atoms with Crippen molar-refractivity contribution in [2.75, 3.05) is 0 Å². The zero-order valence-corrected chi connectivity index (χ0v) is 10.1. The van der Waals surface area contributed by atoms with Gasteiger partial charge in [-0.2, -0.15) is 0 Å². The molecule has 2 N–H and O–H groups in total. The van der Waals surface area contributed by atoms with E-state index in [-0.39, 0.29) is 5.82 Å². The first-order chi connectivity index (χ1) is 7.51. The van der Waals surface area contributed by atoms with Gasteiger partial charge in [0, 0.05) is 4.88 Å². The van der Waals surface area contributed by atoms with E-state index in [2.05, 4.69) is 6.07 Å². The molecule has 0 aliphatic rings. The summed E-state index contributed by atoms with van der Waals surface area (Å²) in [5.41, 5.74) is 7.90. The van der Waals surface area contributed by atoms with Crippen molar-refractivity contribution >= 4 is 11.3 Å². The van der Waals surface area contributed by atoms with E-state index >= 15 is 0 Å². The third-order valence-electron chi connectivity index (χ3n) is 2.78. The van der Waals surface area contributed by atoms with Crippen LogP contribution in [0.5, 0.6) is 0 Å². The Hall–Kier alpha value is -1.19. The van der Waals surface area contributed by atoms with Crippen LogP contribution in [0.1, 0.15) is 22.9 Å². The second kappa shape index (κ2) is 4.00. The summed E-state index contributed by atoms with van der Waals surface area (Å²) in [5.74, 6) is -0.234. The molecule has 0 saturated heterocycles. The fourth-order valence-corrected chi connectivity index (χ4v) is 2.86. The van der Waals surface area contributed by atoms with E-state index in [1.165, 1.54) is 17.7 Å². The average Bonchev–Trinajstić information content (AvgIpc) is 2.66. The Bertz CT molecular complexity index is 485. The van der Waals surface area contributed by atoms with Crippen LogP contribution in [0.3, 0.4) is 0 Å². The average molecular weight is 235 g/mol. The summed E-state index contributed by atoms with van der Waals surface area (Å²) in [4.78, 5) is 1.12. The quantitative estimate of drug-likeness (QED) is 0.848. The normalized spacial score (nSPS) is 14.8. The lowest BCUT2D eigenvalue weighted by Crippen LogP contribution is -2.33.